The number of ether oxygens (including phenoxy) is 2. The van der Waals surface area contributed by atoms with Crippen LogP contribution in [-0.4, -0.2) is 16.2 Å². The number of benzene rings is 3. The van der Waals surface area contributed by atoms with Crippen molar-refractivity contribution in [3.8, 4) is 11.5 Å². The third-order valence-electron chi connectivity index (χ3n) is 5.36. The lowest BCUT2D eigenvalue weighted by atomic mass is 10.2. The van der Waals surface area contributed by atoms with Crippen LogP contribution in [0.4, 0.5) is 0 Å². The van der Waals surface area contributed by atoms with Gasteiger partial charge in [-0.05, 0) is 67.3 Å². The van der Waals surface area contributed by atoms with E-state index in [1.54, 1.807) is 18.2 Å². The number of rotatable bonds is 10. The van der Waals surface area contributed by atoms with Crippen LogP contribution in [0.3, 0.4) is 0 Å². The lowest BCUT2D eigenvalue weighted by Crippen LogP contribution is -2.09. The Morgan fingerprint density at radius 3 is 2.50 bits per heavy atom. The number of aryl methyl sites for hydroxylation is 2. The normalized spacial score (nSPS) is 11.1. The van der Waals surface area contributed by atoms with Crippen molar-refractivity contribution < 1.29 is 9.47 Å². The van der Waals surface area contributed by atoms with Gasteiger partial charge in [-0.15, -0.1) is 0 Å². The highest BCUT2D eigenvalue weighted by Gasteiger charge is 2.12. The van der Waals surface area contributed by atoms with Gasteiger partial charge in [0.15, 0.2) is 0 Å². The molecule has 0 aliphatic heterocycles. The van der Waals surface area contributed by atoms with Crippen molar-refractivity contribution in [3.05, 3.63) is 88.2 Å². The summed E-state index contributed by atoms with van der Waals surface area (Å²) in [6.07, 6.45) is 2.96. The van der Waals surface area contributed by atoms with E-state index in [9.17, 15) is 0 Å². The molecule has 1 aromatic heterocycles. The summed E-state index contributed by atoms with van der Waals surface area (Å²) in [6, 6.07) is 21.7. The Hall–Kier alpha value is -2.69. The van der Waals surface area contributed by atoms with E-state index in [2.05, 4.69) is 29.7 Å². The highest BCUT2D eigenvalue weighted by molar-refractivity contribution is 6.35. The molecule has 0 aliphatic carbocycles. The number of halogens is 2. The van der Waals surface area contributed by atoms with Crippen LogP contribution in [0.15, 0.2) is 66.7 Å². The Bertz CT molecular complexity index is 1170. The topological polar surface area (TPSA) is 36.3 Å². The summed E-state index contributed by atoms with van der Waals surface area (Å²) in [7, 11) is 0. The Morgan fingerprint density at radius 1 is 0.906 bits per heavy atom. The van der Waals surface area contributed by atoms with E-state index in [1.807, 2.05) is 30.3 Å². The van der Waals surface area contributed by atoms with E-state index in [0.29, 0.717) is 29.0 Å². The average molecular weight is 469 g/mol. The van der Waals surface area contributed by atoms with Crippen molar-refractivity contribution in [3.63, 3.8) is 0 Å². The van der Waals surface area contributed by atoms with Gasteiger partial charge < -0.3 is 14.0 Å². The predicted molar refractivity (Wildman–Crippen MR) is 131 cm³/mol. The molecule has 0 fully saturated rings. The summed E-state index contributed by atoms with van der Waals surface area (Å²) >= 11 is 12.2. The zero-order valence-corrected chi connectivity index (χ0v) is 19.6. The zero-order chi connectivity index (χ0) is 22.3. The van der Waals surface area contributed by atoms with Crippen molar-refractivity contribution in [2.75, 3.05) is 6.61 Å². The van der Waals surface area contributed by atoms with Crippen molar-refractivity contribution in [2.45, 2.75) is 39.3 Å². The molecule has 0 radical (unpaired) electrons. The summed E-state index contributed by atoms with van der Waals surface area (Å²) in [5.41, 5.74) is 3.38. The van der Waals surface area contributed by atoms with Crippen LogP contribution < -0.4 is 9.47 Å². The molecule has 4 nitrogen and oxygen atoms in total. The molecule has 4 rings (SSSR count). The lowest BCUT2D eigenvalue weighted by molar-refractivity contribution is 0.285. The zero-order valence-electron chi connectivity index (χ0n) is 18.1. The second-order valence-corrected chi connectivity index (χ2v) is 8.43. The summed E-state index contributed by atoms with van der Waals surface area (Å²) in [6.45, 7) is 4.01. The van der Waals surface area contributed by atoms with E-state index in [4.69, 9.17) is 37.7 Å². The molecule has 6 heteroatoms. The maximum absolute atomic E-state index is 6.25. The minimum Gasteiger partial charge on any atom is -0.494 e. The van der Waals surface area contributed by atoms with Gasteiger partial charge in [0, 0.05) is 11.6 Å². The van der Waals surface area contributed by atoms with Crippen LogP contribution >= 0.6 is 23.2 Å². The van der Waals surface area contributed by atoms with Gasteiger partial charge in [-0.2, -0.15) is 0 Å². The number of hydrogen-bond donors (Lipinski definition) is 0. The summed E-state index contributed by atoms with van der Waals surface area (Å²) < 4.78 is 14.1. The van der Waals surface area contributed by atoms with E-state index >= 15 is 0 Å². The van der Waals surface area contributed by atoms with Gasteiger partial charge in [-0.3, -0.25) is 0 Å². The number of para-hydroxylation sites is 2. The van der Waals surface area contributed by atoms with Crippen LogP contribution in [0.25, 0.3) is 11.0 Å². The molecular weight excluding hydrogens is 443 g/mol. The fourth-order valence-electron chi connectivity index (χ4n) is 3.60. The number of unbranched alkanes of at least 4 members (excludes halogenated alkanes) is 1. The second-order valence-electron chi connectivity index (χ2n) is 7.58. The molecule has 0 atom stereocenters. The van der Waals surface area contributed by atoms with Gasteiger partial charge in [0.2, 0.25) is 0 Å². The number of aromatic nitrogens is 2. The first kappa shape index (κ1) is 22.5. The summed E-state index contributed by atoms with van der Waals surface area (Å²) in [4.78, 5) is 4.78. The SMILES string of the molecule is CCc1ccc(OCCCCn2c(COc3ccc(Cl)cc3Cl)nc3ccccc32)cc1. The fourth-order valence-corrected chi connectivity index (χ4v) is 4.07. The molecule has 32 heavy (non-hydrogen) atoms. The fraction of sp³-hybridized carbons (Fsp3) is 0.269. The maximum atomic E-state index is 6.25. The Morgan fingerprint density at radius 2 is 1.72 bits per heavy atom. The molecule has 4 aromatic rings. The maximum Gasteiger partial charge on any atom is 0.147 e. The third kappa shape index (κ3) is 5.56. The predicted octanol–water partition coefficient (Wildman–Crippen LogP) is 7.34. The molecule has 0 bridgehead atoms. The Labute approximate surface area is 198 Å². The molecule has 1 heterocycles. The monoisotopic (exact) mass is 468 g/mol. The van der Waals surface area contributed by atoms with Crippen molar-refractivity contribution in [1.29, 1.82) is 0 Å². The molecule has 0 saturated heterocycles. The third-order valence-corrected chi connectivity index (χ3v) is 5.89. The minimum absolute atomic E-state index is 0.330. The second kappa shape index (κ2) is 10.8. The first-order valence-corrected chi connectivity index (χ1v) is 11.6. The van der Waals surface area contributed by atoms with E-state index in [1.165, 1.54) is 5.56 Å². The minimum atomic E-state index is 0.330. The van der Waals surface area contributed by atoms with Gasteiger partial charge in [0.25, 0.3) is 0 Å². The van der Waals surface area contributed by atoms with Gasteiger partial charge >= 0.3 is 0 Å². The van der Waals surface area contributed by atoms with Crippen molar-refractivity contribution in [1.82, 2.24) is 9.55 Å². The highest BCUT2D eigenvalue weighted by Crippen LogP contribution is 2.28. The number of nitrogens with zero attached hydrogens (tertiary/aromatic N) is 2. The molecule has 0 saturated carbocycles. The van der Waals surface area contributed by atoms with Gasteiger partial charge in [0.1, 0.15) is 23.9 Å². The van der Waals surface area contributed by atoms with E-state index in [0.717, 1.165) is 48.4 Å². The molecule has 0 N–H and O–H groups in total. The molecular formula is C26H26Cl2N2O2. The summed E-state index contributed by atoms with van der Waals surface area (Å²) in [5, 5.41) is 1.07. The lowest BCUT2D eigenvalue weighted by Gasteiger charge is -2.12. The largest absolute Gasteiger partial charge is 0.494 e. The van der Waals surface area contributed by atoms with Gasteiger partial charge in [0.05, 0.1) is 22.7 Å². The Kier molecular flexibility index (Phi) is 7.56. The number of fused-ring (bicyclic) bond motifs is 1. The average Bonchev–Trinajstić information content (AvgIpc) is 3.16. The molecule has 166 valence electrons. The van der Waals surface area contributed by atoms with Gasteiger partial charge in [-0.25, -0.2) is 4.98 Å². The van der Waals surface area contributed by atoms with Crippen LogP contribution in [-0.2, 0) is 19.6 Å². The van der Waals surface area contributed by atoms with Crippen molar-refractivity contribution in [2.24, 2.45) is 0 Å². The first-order valence-electron chi connectivity index (χ1n) is 10.9. The number of hydrogen-bond acceptors (Lipinski definition) is 3. The van der Waals surface area contributed by atoms with Gasteiger partial charge in [-0.1, -0.05) is 54.4 Å². The standard InChI is InChI=1S/C26H26Cl2N2O2/c1-2-19-9-12-21(13-10-19)31-16-6-5-15-30-24-8-4-3-7-23(24)29-26(30)18-32-25-14-11-20(27)17-22(25)28/h3-4,7-14,17H,2,5-6,15-16,18H2,1H3. The molecule has 0 spiro atoms. The molecule has 0 unspecified atom stereocenters. The molecule has 3 aromatic carbocycles. The number of imidazole rings is 1. The van der Waals surface area contributed by atoms with Crippen LogP contribution in [0, 0.1) is 0 Å². The smallest absolute Gasteiger partial charge is 0.147 e. The Balaban J connectivity index is 1.37. The first-order chi connectivity index (χ1) is 15.6. The van der Waals surface area contributed by atoms with E-state index < -0.39 is 0 Å². The van der Waals surface area contributed by atoms with Crippen LogP contribution in [0.5, 0.6) is 11.5 Å². The summed E-state index contributed by atoms with van der Waals surface area (Å²) in [5.74, 6) is 2.38. The quantitative estimate of drug-likeness (QED) is 0.228. The van der Waals surface area contributed by atoms with Crippen LogP contribution in [0.2, 0.25) is 10.0 Å². The van der Waals surface area contributed by atoms with Crippen LogP contribution in [0.1, 0.15) is 31.2 Å². The van der Waals surface area contributed by atoms with E-state index in [-0.39, 0.29) is 0 Å². The van der Waals surface area contributed by atoms with Crippen molar-refractivity contribution >= 4 is 34.2 Å². The molecule has 0 aliphatic rings. The highest BCUT2D eigenvalue weighted by atomic mass is 35.5. The molecule has 0 amide bonds.